The Morgan fingerprint density at radius 2 is 1.64 bits per heavy atom. The molecule has 0 radical (unpaired) electrons. The van der Waals surface area contributed by atoms with Gasteiger partial charge in [-0.15, -0.1) is 0 Å². The van der Waals surface area contributed by atoms with Crippen LogP contribution in [0.5, 0.6) is 0 Å². The fourth-order valence-corrected chi connectivity index (χ4v) is 4.20. The Kier molecular flexibility index (Phi) is 6.08. The Hall–Kier alpha value is -1.88. The molecule has 3 unspecified atom stereocenters. The fourth-order valence-electron chi connectivity index (χ4n) is 4.20. The lowest BCUT2D eigenvalue weighted by Crippen LogP contribution is -2.49. The molecule has 0 aliphatic heterocycles. The second-order valence-electron chi connectivity index (χ2n) is 7.56. The third-order valence-electron chi connectivity index (χ3n) is 5.62. The second-order valence-corrected chi connectivity index (χ2v) is 7.56. The number of rotatable bonds is 6. The fraction of sp³-hybridized carbons (Fsp3) is 0.600. The highest BCUT2D eigenvalue weighted by atomic mass is 16.2. The zero-order chi connectivity index (χ0) is 17.6. The summed E-state index contributed by atoms with van der Waals surface area (Å²) in [7, 11) is 0. The van der Waals surface area contributed by atoms with Gasteiger partial charge >= 0.3 is 0 Å². The molecule has 136 valence electrons. The van der Waals surface area contributed by atoms with Gasteiger partial charge in [-0.1, -0.05) is 43.2 Å². The van der Waals surface area contributed by atoms with Gasteiger partial charge in [0.05, 0.1) is 0 Å². The Morgan fingerprint density at radius 3 is 2.32 bits per heavy atom. The number of carbonyl (C=O) groups is 2. The average Bonchev–Trinajstić information content (AvgIpc) is 3.15. The van der Waals surface area contributed by atoms with Crippen molar-refractivity contribution in [3.8, 4) is 0 Å². The van der Waals surface area contributed by atoms with E-state index in [2.05, 4.69) is 22.8 Å². The molecule has 3 atom stereocenters. The van der Waals surface area contributed by atoms with Crippen molar-refractivity contribution in [3.05, 3.63) is 35.9 Å². The maximum atomic E-state index is 12.4. The number of amides is 2. The highest BCUT2D eigenvalue weighted by Gasteiger charge is 2.34. The van der Waals surface area contributed by atoms with Crippen LogP contribution < -0.4 is 16.4 Å². The van der Waals surface area contributed by atoms with Crippen LogP contribution in [0.3, 0.4) is 0 Å². The van der Waals surface area contributed by atoms with Crippen molar-refractivity contribution < 1.29 is 9.59 Å². The van der Waals surface area contributed by atoms with Crippen molar-refractivity contribution in [2.24, 2.45) is 17.6 Å². The van der Waals surface area contributed by atoms with E-state index in [9.17, 15) is 9.59 Å². The Bertz CT molecular complexity index is 584. The van der Waals surface area contributed by atoms with Crippen molar-refractivity contribution in [2.45, 2.75) is 63.6 Å². The van der Waals surface area contributed by atoms with Gasteiger partial charge in [-0.3, -0.25) is 9.59 Å². The SMILES string of the molecule is NC(=O)C1CC(NCc2ccccc2)CC(NC(=O)C2CCCC2)C1. The first-order valence-corrected chi connectivity index (χ1v) is 9.49. The van der Waals surface area contributed by atoms with Crippen LogP contribution in [-0.4, -0.2) is 23.9 Å². The highest BCUT2D eigenvalue weighted by molar-refractivity contribution is 5.80. The number of nitrogens with one attached hydrogen (secondary N) is 2. The summed E-state index contributed by atoms with van der Waals surface area (Å²) in [6.45, 7) is 0.764. The summed E-state index contributed by atoms with van der Waals surface area (Å²) in [4.78, 5) is 24.2. The largest absolute Gasteiger partial charge is 0.369 e. The molecule has 1 aromatic rings. The number of primary amides is 1. The van der Waals surface area contributed by atoms with Crippen LogP contribution >= 0.6 is 0 Å². The van der Waals surface area contributed by atoms with Crippen molar-refractivity contribution >= 4 is 11.8 Å². The molecule has 0 spiro atoms. The van der Waals surface area contributed by atoms with E-state index < -0.39 is 0 Å². The van der Waals surface area contributed by atoms with Crippen LogP contribution in [0.1, 0.15) is 50.5 Å². The van der Waals surface area contributed by atoms with E-state index in [0.29, 0.717) is 6.42 Å². The molecule has 3 rings (SSSR count). The van der Waals surface area contributed by atoms with E-state index in [-0.39, 0.29) is 35.7 Å². The van der Waals surface area contributed by atoms with Gasteiger partial charge in [0.2, 0.25) is 11.8 Å². The van der Waals surface area contributed by atoms with Crippen LogP contribution in [0, 0.1) is 11.8 Å². The Balaban J connectivity index is 1.56. The van der Waals surface area contributed by atoms with Crippen LogP contribution in [0.4, 0.5) is 0 Å². The van der Waals surface area contributed by atoms with Crippen molar-refractivity contribution in [1.29, 1.82) is 0 Å². The quantitative estimate of drug-likeness (QED) is 0.739. The summed E-state index contributed by atoms with van der Waals surface area (Å²) in [5.41, 5.74) is 6.79. The summed E-state index contributed by atoms with van der Waals surface area (Å²) < 4.78 is 0. The minimum Gasteiger partial charge on any atom is -0.369 e. The predicted octanol–water partition coefficient (Wildman–Crippen LogP) is 2.11. The molecule has 2 aliphatic carbocycles. The van der Waals surface area contributed by atoms with Gasteiger partial charge in [0.25, 0.3) is 0 Å². The van der Waals surface area contributed by atoms with E-state index in [1.165, 1.54) is 5.56 Å². The molecule has 25 heavy (non-hydrogen) atoms. The molecule has 5 heteroatoms. The highest BCUT2D eigenvalue weighted by Crippen LogP contribution is 2.28. The van der Waals surface area contributed by atoms with Crippen molar-refractivity contribution in [1.82, 2.24) is 10.6 Å². The lowest BCUT2D eigenvalue weighted by molar-refractivity contribution is -0.128. The van der Waals surface area contributed by atoms with Crippen LogP contribution in [-0.2, 0) is 16.1 Å². The van der Waals surface area contributed by atoms with E-state index in [0.717, 1.165) is 45.1 Å². The third kappa shape index (κ3) is 5.05. The van der Waals surface area contributed by atoms with Gasteiger partial charge in [-0.05, 0) is 37.7 Å². The molecule has 0 bridgehead atoms. The molecular weight excluding hydrogens is 314 g/mol. The normalized spacial score (nSPS) is 27.1. The van der Waals surface area contributed by atoms with E-state index in [1.54, 1.807) is 0 Å². The van der Waals surface area contributed by atoms with Gasteiger partial charge < -0.3 is 16.4 Å². The maximum absolute atomic E-state index is 12.4. The van der Waals surface area contributed by atoms with Crippen LogP contribution in [0.2, 0.25) is 0 Å². The summed E-state index contributed by atoms with van der Waals surface area (Å²) in [6, 6.07) is 10.4. The maximum Gasteiger partial charge on any atom is 0.223 e. The van der Waals surface area contributed by atoms with Gasteiger partial charge in [-0.2, -0.15) is 0 Å². The number of hydrogen-bond donors (Lipinski definition) is 3. The minimum atomic E-state index is -0.258. The van der Waals surface area contributed by atoms with Crippen molar-refractivity contribution in [3.63, 3.8) is 0 Å². The van der Waals surface area contributed by atoms with Gasteiger partial charge in [0.1, 0.15) is 0 Å². The molecule has 4 N–H and O–H groups in total. The lowest BCUT2D eigenvalue weighted by Gasteiger charge is -2.35. The van der Waals surface area contributed by atoms with E-state index >= 15 is 0 Å². The Labute approximate surface area is 149 Å². The molecule has 0 heterocycles. The minimum absolute atomic E-state index is 0.0348. The summed E-state index contributed by atoms with van der Waals surface area (Å²) >= 11 is 0. The van der Waals surface area contributed by atoms with Crippen LogP contribution in [0.15, 0.2) is 30.3 Å². The molecule has 2 aliphatic rings. The number of carbonyl (C=O) groups excluding carboxylic acids is 2. The van der Waals surface area contributed by atoms with Crippen LogP contribution in [0.25, 0.3) is 0 Å². The molecule has 0 saturated heterocycles. The first-order valence-electron chi connectivity index (χ1n) is 9.49. The predicted molar refractivity (Wildman–Crippen MR) is 97.5 cm³/mol. The average molecular weight is 343 g/mol. The third-order valence-corrected chi connectivity index (χ3v) is 5.62. The number of nitrogens with two attached hydrogens (primary N) is 1. The molecular formula is C20H29N3O2. The first-order chi connectivity index (χ1) is 12.1. The monoisotopic (exact) mass is 343 g/mol. The van der Waals surface area contributed by atoms with Crippen molar-refractivity contribution in [2.75, 3.05) is 0 Å². The van der Waals surface area contributed by atoms with Gasteiger partial charge in [0, 0.05) is 30.5 Å². The van der Waals surface area contributed by atoms with Gasteiger partial charge in [-0.25, -0.2) is 0 Å². The van der Waals surface area contributed by atoms with E-state index in [1.807, 2.05) is 18.2 Å². The number of hydrogen-bond acceptors (Lipinski definition) is 3. The summed E-state index contributed by atoms with van der Waals surface area (Å²) in [5, 5.41) is 6.72. The molecule has 0 aromatic heterocycles. The smallest absolute Gasteiger partial charge is 0.223 e. The zero-order valence-corrected chi connectivity index (χ0v) is 14.7. The molecule has 2 fully saturated rings. The zero-order valence-electron chi connectivity index (χ0n) is 14.7. The topological polar surface area (TPSA) is 84.2 Å². The van der Waals surface area contributed by atoms with Gasteiger partial charge in [0.15, 0.2) is 0 Å². The number of benzene rings is 1. The molecule has 5 nitrogen and oxygen atoms in total. The second kappa shape index (κ2) is 8.48. The summed E-state index contributed by atoms with van der Waals surface area (Å²) in [6.07, 6.45) is 6.55. The standard InChI is InChI=1S/C20H29N3O2/c21-19(24)16-10-17(22-13-14-6-2-1-3-7-14)12-18(11-16)23-20(25)15-8-4-5-9-15/h1-3,6-7,15-18,22H,4-5,8-13H2,(H2,21,24)(H,23,25). The molecule has 2 amide bonds. The molecule has 1 aromatic carbocycles. The molecule has 2 saturated carbocycles. The van der Waals surface area contributed by atoms with E-state index in [4.69, 9.17) is 5.73 Å². The first kappa shape index (κ1) is 17.9. The Morgan fingerprint density at radius 1 is 0.960 bits per heavy atom. The lowest BCUT2D eigenvalue weighted by atomic mass is 9.81. The summed E-state index contributed by atoms with van der Waals surface area (Å²) in [5.74, 6) is -0.110.